The molecule has 6 aliphatic heterocycles. The van der Waals surface area contributed by atoms with Gasteiger partial charge >= 0.3 is 0 Å². The van der Waals surface area contributed by atoms with Gasteiger partial charge in [-0.3, -0.25) is 34.3 Å². The molecule has 0 radical (unpaired) electrons. The van der Waals surface area contributed by atoms with Gasteiger partial charge in [0.15, 0.2) is 0 Å². The van der Waals surface area contributed by atoms with Crippen LogP contribution in [0, 0.1) is 17.9 Å². The van der Waals surface area contributed by atoms with Gasteiger partial charge in [0, 0.05) is 106 Å². The molecule has 302 valence electrons. The smallest absolute Gasteiger partial charge is 0.262 e. The van der Waals surface area contributed by atoms with E-state index in [1.165, 1.54) is 30.6 Å². The molecule has 3 aromatic carbocycles. The van der Waals surface area contributed by atoms with E-state index in [0.29, 0.717) is 39.2 Å². The van der Waals surface area contributed by atoms with E-state index >= 15 is 0 Å². The van der Waals surface area contributed by atoms with Gasteiger partial charge < -0.3 is 19.6 Å². The summed E-state index contributed by atoms with van der Waals surface area (Å²) in [6, 6.07) is 20.0. The number of hydrogen-bond donors (Lipinski definition) is 1. The minimum Gasteiger partial charge on any atom is -0.371 e. The topological polar surface area (TPSA) is 104 Å². The Morgan fingerprint density at radius 3 is 2.02 bits per heavy atom. The fourth-order valence-electron chi connectivity index (χ4n) is 10.5. The van der Waals surface area contributed by atoms with Crippen molar-refractivity contribution in [2.24, 2.45) is 11.3 Å². The maximum Gasteiger partial charge on any atom is 0.262 e. The molecule has 0 bridgehead atoms. The van der Waals surface area contributed by atoms with Crippen molar-refractivity contribution in [1.82, 2.24) is 15.1 Å². The molecule has 2 atom stereocenters. The highest BCUT2D eigenvalue weighted by Gasteiger charge is 2.46. The molecule has 4 amide bonds. The summed E-state index contributed by atoms with van der Waals surface area (Å²) >= 11 is 6.40. The molecule has 1 unspecified atom stereocenters. The number of piperazine rings is 1. The van der Waals surface area contributed by atoms with E-state index in [-0.39, 0.29) is 18.7 Å². The number of nitrogens with zero attached hydrogens (tertiary/aromatic N) is 7. The van der Waals surface area contributed by atoms with E-state index in [0.717, 1.165) is 94.6 Å². The number of piperidine rings is 3. The van der Waals surface area contributed by atoms with Crippen molar-refractivity contribution in [3.63, 3.8) is 0 Å². The molecule has 0 aliphatic carbocycles. The van der Waals surface area contributed by atoms with Gasteiger partial charge in [0.2, 0.25) is 17.5 Å². The molecule has 58 heavy (non-hydrogen) atoms. The molecule has 3 aromatic rings. The zero-order valence-corrected chi connectivity index (χ0v) is 33.9. The van der Waals surface area contributed by atoms with Gasteiger partial charge in [0.1, 0.15) is 6.04 Å². The molecule has 6 heterocycles. The second-order valence-corrected chi connectivity index (χ2v) is 17.7. The third kappa shape index (κ3) is 7.28. The molecule has 1 spiro atoms. The first kappa shape index (κ1) is 38.4. The van der Waals surface area contributed by atoms with Gasteiger partial charge in [-0.05, 0) is 111 Å². The van der Waals surface area contributed by atoms with E-state index in [1.807, 2.05) is 18.2 Å². The third-order valence-corrected chi connectivity index (χ3v) is 14.1. The van der Waals surface area contributed by atoms with E-state index in [9.17, 15) is 19.2 Å². The van der Waals surface area contributed by atoms with Crippen LogP contribution in [0.4, 0.5) is 28.4 Å². The van der Waals surface area contributed by atoms with Crippen molar-refractivity contribution in [3.05, 3.63) is 88.2 Å². The van der Waals surface area contributed by atoms with Crippen LogP contribution in [-0.4, -0.2) is 111 Å². The summed E-state index contributed by atoms with van der Waals surface area (Å²) in [4.78, 5) is 67.6. The first-order chi connectivity index (χ1) is 28.1. The standard InChI is InChI=1S/C45H51ClN8O4/c1-30-27-45(29-53(30)35-8-10-39(47-2)38(46)26-35)15-19-51(20-16-45)32-3-5-33(6-4-32)52-23-21-49(22-24-52)28-31-13-17-50(18-14-31)34-7-9-36-37(25-34)44(58)54(43(36)57)40-11-12-41(55)48-42(40)56/h3-10,25-26,30-31,40H,11-24,27-29H2,1H3,(H,48,55,56)/t30-,40?/m0/s1. The number of rotatable bonds is 7. The van der Waals surface area contributed by atoms with Crippen LogP contribution in [0.1, 0.15) is 72.6 Å². The number of imide groups is 2. The Kier molecular flexibility index (Phi) is 10.3. The third-order valence-electron chi connectivity index (χ3n) is 13.8. The second kappa shape index (κ2) is 15.6. The lowest BCUT2D eigenvalue weighted by molar-refractivity contribution is -0.136. The number of amides is 4. The highest BCUT2D eigenvalue weighted by Crippen LogP contribution is 2.46. The SMILES string of the molecule is [C-]#[N+]c1ccc(N2CC3(CCN(c4ccc(N5CCN(CC6CCN(c7ccc8c(c7)C(=O)N(C7CCC(=O)NC7=O)C8=O)CC6)CC5)cc4)CC3)C[C@@H]2C)cc1Cl. The van der Waals surface area contributed by atoms with Crippen molar-refractivity contribution in [2.75, 3.05) is 85.0 Å². The lowest BCUT2D eigenvalue weighted by Gasteiger charge is -2.41. The fourth-order valence-corrected chi connectivity index (χ4v) is 10.7. The van der Waals surface area contributed by atoms with Crippen molar-refractivity contribution in [1.29, 1.82) is 0 Å². The summed E-state index contributed by atoms with van der Waals surface area (Å²) in [7, 11) is 0. The van der Waals surface area contributed by atoms with Gasteiger partial charge in [-0.25, -0.2) is 4.85 Å². The highest BCUT2D eigenvalue weighted by atomic mass is 35.5. The average Bonchev–Trinajstić information content (AvgIpc) is 3.69. The van der Waals surface area contributed by atoms with Crippen molar-refractivity contribution < 1.29 is 19.2 Å². The number of carbonyl (C=O) groups is 4. The summed E-state index contributed by atoms with van der Waals surface area (Å²) in [6.45, 7) is 19.8. The first-order valence-corrected chi connectivity index (χ1v) is 21.3. The lowest BCUT2D eigenvalue weighted by atomic mass is 9.76. The first-order valence-electron chi connectivity index (χ1n) is 20.9. The Labute approximate surface area is 345 Å². The molecule has 1 N–H and O–H groups in total. The monoisotopic (exact) mass is 802 g/mol. The molecule has 5 saturated heterocycles. The van der Waals surface area contributed by atoms with Crippen LogP contribution in [0.3, 0.4) is 0 Å². The molecule has 9 rings (SSSR count). The number of anilines is 4. The number of carbonyl (C=O) groups excluding carboxylic acids is 4. The number of benzene rings is 3. The molecular weight excluding hydrogens is 752 g/mol. The van der Waals surface area contributed by atoms with Crippen LogP contribution in [0.5, 0.6) is 0 Å². The number of halogens is 1. The van der Waals surface area contributed by atoms with Crippen LogP contribution in [-0.2, 0) is 9.59 Å². The highest BCUT2D eigenvalue weighted by molar-refractivity contribution is 6.33. The van der Waals surface area contributed by atoms with Gasteiger partial charge in [0.25, 0.3) is 11.8 Å². The molecule has 13 heteroatoms. The Bertz CT molecular complexity index is 2150. The van der Waals surface area contributed by atoms with Gasteiger partial charge in [-0.15, -0.1) is 0 Å². The Morgan fingerprint density at radius 2 is 1.36 bits per heavy atom. The van der Waals surface area contributed by atoms with Crippen molar-refractivity contribution in [3.8, 4) is 0 Å². The van der Waals surface area contributed by atoms with E-state index in [4.69, 9.17) is 18.2 Å². The largest absolute Gasteiger partial charge is 0.371 e. The van der Waals surface area contributed by atoms with Gasteiger partial charge in [0.05, 0.1) is 17.7 Å². The molecule has 5 fully saturated rings. The van der Waals surface area contributed by atoms with Gasteiger partial charge in [-0.2, -0.15) is 0 Å². The Morgan fingerprint density at radius 1 is 0.741 bits per heavy atom. The maximum atomic E-state index is 13.3. The predicted octanol–water partition coefficient (Wildman–Crippen LogP) is 6.22. The Balaban J connectivity index is 0.721. The fraction of sp³-hybridized carbons (Fsp3) is 0.489. The normalized spacial score (nSPS) is 24.1. The molecule has 6 aliphatic rings. The van der Waals surface area contributed by atoms with Crippen molar-refractivity contribution >= 4 is 63.7 Å². The average molecular weight is 803 g/mol. The zero-order chi connectivity index (χ0) is 40.1. The molecule has 0 aromatic heterocycles. The van der Waals surface area contributed by atoms with Crippen LogP contribution >= 0.6 is 11.6 Å². The van der Waals surface area contributed by atoms with E-state index in [1.54, 1.807) is 12.1 Å². The zero-order valence-electron chi connectivity index (χ0n) is 33.2. The Hall–Kier alpha value is -5.12. The number of nitrogens with one attached hydrogen (secondary N) is 1. The molecule has 0 saturated carbocycles. The van der Waals surface area contributed by atoms with Crippen LogP contribution < -0.4 is 24.9 Å². The minimum absolute atomic E-state index is 0.107. The lowest BCUT2D eigenvalue weighted by Crippen LogP contribution is -2.54. The van der Waals surface area contributed by atoms with E-state index < -0.39 is 23.8 Å². The number of hydrogen-bond acceptors (Lipinski definition) is 9. The second-order valence-electron chi connectivity index (χ2n) is 17.3. The summed E-state index contributed by atoms with van der Waals surface area (Å²) in [5, 5.41) is 2.80. The van der Waals surface area contributed by atoms with Crippen LogP contribution in [0.25, 0.3) is 4.85 Å². The number of fused-ring (bicyclic) bond motifs is 1. The van der Waals surface area contributed by atoms with Crippen LogP contribution in [0.2, 0.25) is 5.02 Å². The summed E-state index contributed by atoms with van der Waals surface area (Å²) in [6.07, 6.45) is 5.93. The minimum atomic E-state index is -0.954. The molecular formula is C45H51ClN8O4. The van der Waals surface area contributed by atoms with E-state index in [2.05, 4.69) is 71.9 Å². The summed E-state index contributed by atoms with van der Waals surface area (Å²) in [5.41, 5.74) is 6.13. The quantitative estimate of drug-likeness (QED) is 0.221. The van der Waals surface area contributed by atoms with Crippen LogP contribution in [0.15, 0.2) is 60.7 Å². The maximum absolute atomic E-state index is 13.3. The summed E-state index contributed by atoms with van der Waals surface area (Å²) in [5.74, 6) is -1.29. The van der Waals surface area contributed by atoms with Crippen molar-refractivity contribution in [2.45, 2.75) is 64.0 Å². The summed E-state index contributed by atoms with van der Waals surface area (Å²) < 4.78 is 0. The van der Waals surface area contributed by atoms with Gasteiger partial charge in [-0.1, -0.05) is 17.7 Å². The molecule has 12 nitrogen and oxygen atoms in total. The predicted molar refractivity (Wildman–Crippen MR) is 226 cm³/mol.